The maximum Gasteiger partial charge on any atom is 0.273 e. The highest BCUT2D eigenvalue weighted by Gasteiger charge is 2.28. The van der Waals surface area contributed by atoms with Crippen molar-refractivity contribution in [2.24, 2.45) is 0 Å². The Kier molecular flexibility index (Phi) is 4.60. The summed E-state index contributed by atoms with van der Waals surface area (Å²) in [5, 5.41) is 3.30. The van der Waals surface area contributed by atoms with Crippen LogP contribution in [0.1, 0.15) is 25.5 Å². The summed E-state index contributed by atoms with van der Waals surface area (Å²) in [6.07, 6.45) is 2.50. The molecule has 0 aromatic carbocycles. The van der Waals surface area contributed by atoms with Crippen LogP contribution < -0.4 is 10.0 Å². The minimum Gasteiger partial charge on any atom is -0.447 e. The number of thioether (sulfide) groups is 1. The summed E-state index contributed by atoms with van der Waals surface area (Å²) in [5.41, 5.74) is 0. The van der Waals surface area contributed by atoms with Crippen molar-refractivity contribution in [3.63, 3.8) is 0 Å². The fourth-order valence-electron chi connectivity index (χ4n) is 2.12. The third-order valence-electron chi connectivity index (χ3n) is 3.27. The normalized spacial score (nSPS) is 23.9. The van der Waals surface area contributed by atoms with Gasteiger partial charge in [0.15, 0.2) is 0 Å². The first-order valence-corrected chi connectivity index (χ1v) is 8.79. The van der Waals surface area contributed by atoms with Crippen molar-refractivity contribution in [2.75, 3.05) is 19.3 Å². The Labute approximate surface area is 118 Å². The van der Waals surface area contributed by atoms with Gasteiger partial charge in [-0.3, -0.25) is 0 Å². The fraction of sp³-hybridized carbons (Fsp3) is 0.667. The first-order chi connectivity index (χ1) is 8.95. The smallest absolute Gasteiger partial charge is 0.273 e. The fourth-order valence-corrected chi connectivity index (χ4v) is 4.06. The zero-order chi connectivity index (χ0) is 13.9. The number of hydrogen-bond donors (Lipinski definition) is 2. The zero-order valence-electron chi connectivity index (χ0n) is 11.2. The molecular weight excluding hydrogens is 284 g/mol. The summed E-state index contributed by atoms with van der Waals surface area (Å²) < 4.78 is 30.9. The molecule has 108 valence electrons. The largest absolute Gasteiger partial charge is 0.447 e. The summed E-state index contributed by atoms with van der Waals surface area (Å²) in [6.45, 7) is 3.72. The number of rotatable bonds is 6. The summed E-state index contributed by atoms with van der Waals surface area (Å²) in [5.74, 6) is 1.86. The minimum atomic E-state index is -3.48. The standard InChI is InChI=1S/C12H20N2O3S2/c1-12(6-3-7-18-12)9-14-8-10-4-5-11(17-10)19(15,16)13-2/h4-5,13-14H,3,6-9H2,1-2H3. The van der Waals surface area contributed by atoms with E-state index in [1.165, 1.54) is 31.7 Å². The van der Waals surface area contributed by atoms with Crippen molar-refractivity contribution < 1.29 is 12.8 Å². The highest BCUT2D eigenvalue weighted by atomic mass is 32.2. The minimum absolute atomic E-state index is 0.0340. The van der Waals surface area contributed by atoms with Gasteiger partial charge in [-0.1, -0.05) is 0 Å². The van der Waals surface area contributed by atoms with E-state index in [2.05, 4.69) is 17.0 Å². The van der Waals surface area contributed by atoms with E-state index >= 15 is 0 Å². The predicted molar refractivity (Wildman–Crippen MR) is 76.8 cm³/mol. The van der Waals surface area contributed by atoms with E-state index in [9.17, 15) is 8.42 Å². The van der Waals surface area contributed by atoms with E-state index in [1.54, 1.807) is 6.07 Å². The Morgan fingerprint density at radius 1 is 1.47 bits per heavy atom. The van der Waals surface area contributed by atoms with Gasteiger partial charge >= 0.3 is 0 Å². The van der Waals surface area contributed by atoms with Gasteiger partial charge in [0.05, 0.1) is 6.54 Å². The second kappa shape index (κ2) is 5.87. The molecule has 0 aliphatic carbocycles. The monoisotopic (exact) mass is 304 g/mol. The molecule has 19 heavy (non-hydrogen) atoms. The Balaban J connectivity index is 1.87. The van der Waals surface area contributed by atoms with Gasteiger partial charge in [-0.2, -0.15) is 11.8 Å². The predicted octanol–water partition coefficient (Wildman–Crippen LogP) is 1.56. The second-order valence-corrected chi connectivity index (χ2v) is 8.43. The second-order valence-electron chi connectivity index (χ2n) is 4.93. The molecule has 7 heteroatoms. The highest BCUT2D eigenvalue weighted by Crippen LogP contribution is 2.36. The Morgan fingerprint density at radius 3 is 2.89 bits per heavy atom. The molecule has 1 fully saturated rings. The van der Waals surface area contributed by atoms with Crippen molar-refractivity contribution in [3.8, 4) is 0 Å². The lowest BCUT2D eigenvalue weighted by Crippen LogP contribution is -2.32. The van der Waals surface area contributed by atoms with Crippen LogP contribution in [0.25, 0.3) is 0 Å². The van der Waals surface area contributed by atoms with Crippen LogP contribution in [0.2, 0.25) is 0 Å². The third kappa shape index (κ3) is 3.75. The van der Waals surface area contributed by atoms with Gasteiger partial charge in [-0.25, -0.2) is 13.1 Å². The molecule has 1 atom stereocenters. The molecule has 1 aliphatic heterocycles. The molecule has 1 aromatic rings. The molecule has 0 spiro atoms. The van der Waals surface area contributed by atoms with Crippen LogP contribution in [0.5, 0.6) is 0 Å². The van der Waals surface area contributed by atoms with Crippen molar-refractivity contribution in [1.82, 2.24) is 10.0 Å². The number of hydrogen-bond acceptors (Lipinski definition) is 5. The molecule has 2 rings (SSSR count). The highest BCUT2D eigenvalue weighted by molar-refractivity contribution is 8.00. The van der Waals surface area contributed by atoms with Crippen LogP contribution >= 0.6 is 11.8 Å². The molecule has 2 N–H and O–H groups in total. The topological polar surface area (TPSA) is 71.3 Å². The first kappa shape index (κ1) is 14.9. The van der Waals surface area contributed by atoms with E-state index < -0.39 is 10.0 Å². The van der Waals surface area contributed by atoms with Gasteiger partial charge in [-0.05, 0) is 44.7 Å². The summed E-state index contributed by atoms with van der Waals surface area (Å²) in [7, 11) is -2.11. The Morgan fingerprint density at radius 2 is 2.26 bits per heavy atom. The number of nitrogens with one attached hydrogen (secondary N) is 2. The van der Waals surface area contributed by atoms with Crippen LogP contribution in [0, 0.1) is 0 Å². The lowest BCUT2D eigenvalue weighted by Gasteiger charge is -2.22. The average Bonchev–Trinajstić information content (AvgIpc) is 2.99. The SMILES string of the molecule is CNS(=O)(=O)c1ccc(CNCC2(C)CCCS2)o1. The van der Waals surface area contributed by atoms with Crippen molar-refractivity contribution >= 4 is 21.8 Å². The van der Waals surface area contributed by atoms with E-state index in [1.807, 2.05) is 11.8 Å². The Bertz CT molecular complexity index is 519. The van der Waals surface area contributed by atoms with Gasteiger partial charge in [0.1, 0.15) is 5.76 Å². The quantitative estimate of drug-likeness (QED) is 0.834. The van der Waals surface area contributed by atoms with Gasteiger partial charge in [-0.15, -0.1) is 0 Å². The maximum absolute atomic E-state index is 11.5. The molecule has 0 saturated carbocycles. The molecule has 5 nitrogen and oxygen atoms in total. The van der Waals surface area contributed by atoms with Crippen LogP contribution in [0.4, 0.5) is 0 Å². The van der Waals surface area contributed by atoms with Crippen LogP contribution in [-0.2, 0) is 16.6 Å². The van der Waals surface area contributed by atoms with E-state index in [0.717, 1.165) is 6.54 Å². The molecule has 0 radical (unpaired) electrons. The average molecular weight is 304 g/mol. The van der Waals surface area contributed by atoms with E-state index in [-0.39, 0.29) is 5.09 Å². The Hall–Kier alpha value is -0.500. The molecule has 2 heterocycles. The number of sulfonamides is 1. The van der Waals surface area contributed by atoms with E-state index in [4.69, 9.17) is 4.42 Å². The van der Waals surface area contributed by atoms with E-state index in [0.29, 0.717) is 17.1 Å². The van der Waals surface area contributed by atoms with Crippen molar-refractivity contribution in [1.29, 1.82) is 0 Å². The van der Waals surface area contributed by atoms with Gasteiger partial charge < -0.3 is 9.73 Å². The molecule has 1 aromatic heterocycles. The molecular formula is C12H20N2O3S2. The summed E-state index contributed by atoms with van der Waals surface area (Å²) in [6, 6.07) is 3.18. The zero-order valence-corrected chi connectivity index (χ0v) is 12.9. The maximum atomic E-state index is 11.5. The van der Waals surface area contributed by atoms with Crippen molar-refractivity contribution in [2.45, 2.75) is 36.1 Å². The third-order valence-corrected chi connectivity index (χ3v) is 6.09. The van der Waals surface area contributed by atoms with Crippen LogP contribution in [-0.4, -0.2) is 32.5 Å². The van der Waals surface area contributed by atoms with Crippen LogP contribution in [0.3, 0.4) is 0 Å². The van der Waals surface area contributed by atoms with Gasteiger partial charge in [0, 0.05) is 11.3 Å². The summed E-state index contributed by atoms with van der Waals surface area (Å²) in [4.78, 5) is 0. The molecule has 0 amide bonds. The molecule has 1 unspecified atom stereocenters. The van der Waals surface area contributed by atoms with Gasteiger partial charge in [0.2, 0.25) is 5.09 Å². The summed E-state index contributed by atoms with van der Waals surface area (Å²) >= 11 is 1.99. The first-order valence-electron chi connectivity index (χ1n) is 6.32. The van der Waals surface area contributed by atoms with Gasteiger partial charge in [0.25, 0.3) is 10.0 Å². The molecule has 1 aliphatic rings. The molecule has 1 saturated heterocycles. The lowest BCUT2D eigenvalue weighted by molar-refractivity contribution is 0.395. The van der Waals surface area contributed by atoms with Crippen molar-refractivity contribution in [3.05, 3.63) is 17.9 Å². The van der Waals surface area contributed by atoms with Crippen LogP contribution in [0.15, 0.2) is 21.6 Å². The number of furan rings is 1. The lowest BCUT2D eigenvalue weighted by atomic mass is 10.1. The molecule has 0 bridgehead atoms.